The fraction of sp³-hybridized carbons (Fsp3) is 0.294. The minimum absolute atomic E-state index is 0.00735. The molecule has 1 atom stereocenters. The Kier molecular flexibility index (Phi) is 2.94. The maximum Gasteiger partial charge on any atom is 0.165 e. The van der Waals surface area contributed by atoms with Gasteiger partial charge in [-0.15, -0.1) is 5.10 Å². The first-order valence-electron chi connectivity index (χ1n) is 7.63. The fourth-order valence-corrected chi connectivity index (χ4v) is 3.20. The van der Waals surface area contributed by atoms with E-state index in [2.05, 4.69) is 15.4 Å². The molecule has 3 heterocycles. The topological polar surface area (TPSA) is 65.6 Å². The second kappa shape index (κ2) is 4.87. The smallest absolute Gasteiger partial charge is 0.165 e. The standard InChI is InChI=1S/C17H17N5O/c1-10-6-16(23)15-7-12(13-8-18-21(3)9-13)4-5-14(15)17-11(2)19-20-22(10)17/h4-5,7-10H,6H2,1-3H3. The zero-order valence-electron chi connectivity index (χ0n) is 13.3. The van der Waals surface area contributed by atoms with Crippen LogP contribution >= 0.6 is 0 Å². The van der Waals surface area contributed by atoms with Crippen LogP contribution in [-0.2, 0) is 7.05 Å². The largest absolute Gasteiger partial charge is 0.294 e. The molecule has 6 heteroatoms. The Hall–Kier alpha value is -2.76. The first-order valence-corrected chi connectivity index (χ1v) is 7.63. The van der Waals surface area contributed by atoms with E-state index in [9.17, 15) is 4.79 Å². The Balaban J connectivity index is 1.94. The van der Waals surface area contributed by atoms with Crippen molar-refractivity contribution in [3.05, 3.63) is 41.9 Å². The molecule has 1 unspecified atom stereocenters. The van der Waals surface area contributed by atoms with Gasteiger partial charge in [0.05, 0.1) is 23.6 Å². The van der Waals surface area contributed by atoms with Gasteiger partial charge in [-0.3, -0.25) is 9.48 Å². The summed E-state index contributed by atoms with van der Waals surface area (Å²) in [4.78, 5) is 12.7. The van der Waals surface area contributed by atoms with Crippen molar-refractivity contribution in [2.45, 2.75) is 26.3 Å². The monoisotopic (exact) mass is 307 g/mol. The Morgan fingerprint density at radius 2 is 2.04 bits per heavy atom. The molecule has 0 spiro atoms. The Morgan fingerprint density at radius 3 is 2.78 bits per heavy atom. The third kappa shape index (κ3) is 2.10. The molecule has 1 aliphatic rings. The fourth-order valence-electron chi connectivity index (χ4n) is 3.20. The second-order valence-electron chi connectivity index (χ2n) is 6.11. The van der Waals surface area contributed by atoms with Crippen LogP contribution in [0, 0.1) is 6.92 Å². The van der Waals surface area contributed by atoms with Crippen molar-refractivity contribution in [1.82, 2.24) is 24.8 Å². The van der Waals surface area contributed by atoms with E-state index in [1.165, 1.54) is 0 Å². The minimum Gasteiger partial charge on any atom is -0.294 e. The van der Waals surface area contributed by atoms with Crippen LogP contribution in [0.4, 0.5) is 0 Å². The number of carbonyl (C=O) groups excluding carboxylic acids is 1. The van der Waals surface area contributed by atoms with Crippen molar-refractivity contribution in [2.75, 3.05) is 0 Å². The van der Waals surface area contributed by atoms with Gasteiger partial charge >= 0.3 is 0 Å². The number of fused-ring (bicyclic) bond motifs is 3. The molecule has 4 rings (SSSR count). The van der Waals surface area contributed by atoms with Crippen LogP contribution in [0.1, 0.15) is 35.4 Å². The van der Waals surface area contributed by atoms with Crippen molar-refractivity contribution < 1.29 is 4.79 Å². The number of nitrogens with zero attached hydrogens (tertiary/aromatic N) is 5. The molecule has 1 aromatic carbocycles. The average Bonchev–Trinajstić information content (AvgIpc) is 3.10. The van der Waals surface area contributed by atoms with Crippen LogP contribution in [0.15, 0.2) is 30.6 Å². The summed E-state index contributed by atoms with van der Waals surface area (Å²) in [5.74, 6) is 0.142. The lowest BCUT2D eigenvalue weighted by atomic mass is 9.95. The number of aromatic nitrogens is 5. The van der Waals surface area contributed by atoms with Gasteiger partial charge in [-0.2, -0.15) is 5.10 Å². The molecule has 0 saturated carbocycles. The van der Waals surface area contributed by atoms with E-state index in [1.807, 2.05) is 56.2 Å². The molecular formula is C17H17N5O. The van der Waals surface area contributed by atoms with Crippen LogP contribution in [-0.4, -0.2) is 30.6 Å². The summed E-state index contributed by atoms with van der Waals surface area (Å²) in [7, 11) is 1.88. The number of Topliss-reactive ketones (excluding diaryl/α,β-unsaturated/α-hetero) is 1. The summed E-state index contributed by atoms with van der Waals surface area (Å²) in [6.07, 6.45) is 4.18. The first-order chi connectivity index (χ1) is 11.0. The highest BCUT2D eigenvalue weighted by Crippen LogP contribution is 2.36. The Labute approximate surface area is 133 Å². The van der Waals surface area contributed by atoms with Gasteiger partial charge in [0.15, 0.2) is 5.78 Å². The predicted octanol–water partition coefficient (Wildman–Crippen LogP) is 2.80. The van der Waals surface area contributed by atoms with Gasteiger partial charge in [-0.05, 0) is 25.5 Å². The summed E-state index contributed by atoms with van der Waals surface area (Å²) in [6, 6.07) is 5.99. The maximum absolute atomic E-state index is 12.7. The van der Waals surface area contributed by atoms with Gasteiger partial charge in [0.2, 0.25) is 0 Å². The molecule has 3 aromatic rings. The molecule has 0 saturated heterocycles. The van der Waals surface area contributed by atoms with Crippen molar-refractivity contribution in [2.24, 2.45) is 7.05 Å². The van der Waals surface area contributed by atoms with Gasteiger partial charge in [0.25, 0.3) is 0 Å². The van der Waals surface area contributed by atoms with Crippen molar-refractivity contribution in [1.29, 1.82) is 0 Å². The van der Waals surface area contributed by atoms with Gasteiger partial charge in [-0.25, -0.2) is 4.68 Å². The van der Waals surface area contributed by atoms with E-state index in [4.69, 9.17) is 0 Å². The SMILES string of the molecule is Cc1nnn2c1-c1ccc(-c3cnn(C)c3)cc1C(=O)CC2C. The molecule has 2 aromatic heterocycles. The summed E-state index contributed by atoms with van der Waals surface area (Å²) in [5.41, 5.74) is 5.44. The third-order valence-corrected chi connectivity index (χ3v) is 4.37. The number of hydrogen-bond acceptors (Lipinski definition) is 4. The Bertz CT molecular complexity index is 921. The van der Waals surface area contributed by atoms with E-state index in [-0.39, 0.29) is 11.8 Å². The highest BCUT2D eigenvalue weighted by Gasteiger charge is 2.27. The molecule has 0 radical (unpaired) electrons. The third-order valence-electron chi connectivity index (χ3n) is 4.37. The number of ketones is 1. The first kappa shape index (κ1) is 13.9. The molecule has 0 N–H and O–H groups in total. The van der Waals surface area contributed by atoms with Crippen LogP contribution in [0.3, 0.4) is 0 Å². The quantitative estimate of drug-likeness (QED) is 0.693. The van der Waals surface area contributed by atoms with Crippen LogP contribution in [0.5, 0.6) is 0 Å². The molecule has 1 aliphatic heterocycles. The second-order valence-corrected chi connectivity index (χ2v) is 6.11. The molecule has 0 fully saturated rings. The van der Waals surface area contributed by atoms with Gasteiger partial charge in [-0.1, -0.05) is 17.3 Å². The average molecular weight is 307 g/mol. The maximum atomic E-state index is 12.7. The summed E-state index contributed by atoms with van der Waals surface area (Å²) in [5, 5.41) is 12.6. The van der Waals surface area contributed by atoms with Crippen molar-refractivity contribution in [3.8, 4) is 22.4 Å². The van der Waals surface area contributed by atoms with Crippen molar-refractivity contribution >= 4 is 5.78 Å². The summed E-state index contributed by atoms with van der Waals surface area (Å²) < 4.78 is 3.62. The van der Waals surface area contributed by atoms with Gasteiger partial charge in [0, 0.05) is 36.4 Å². The molecule has 23 heavy (non-hydrogen) atoms. The lowest BCUT2D eigenvalue weighted by Gasteiger charge is -2.10. The molecular weight excluding hydrogens is 290 g/mol. The Morgan fingerprint density at radius 1 is 1.22 bits per heavy atom. The lowest BCUT2D eigenvalue weighted by Crippen LogP contribution is -2.09. The van der Waals surface area contributed by atoms with E-state index in [1.54, 1.807) is 4.68 Å². The summed E-state index contributed by atoms with van der Waals surface area (Å²) in [6.45, 7) is 3.93. The van der Waals surface area contributed by atoms with E-state index >= 15 is 0 Å². The number of rotatable bonds is 1. The van der Waals surface area contributed by atoms with E-state index < -0.39 is 0 Å². The highest BCUT2D eigenvalue weighted by molar-refractivity contribution is 6.04. The van der Waals surface area contributed by atoms with Crippen LogP contribution in [0.25, 0.3) is 22.4 Å². The lowest BCUT2D eigenvalue weighted by molar-refractivity contribution is 0.0967. The molecule has 6 nitrogen and oxygen atoms in total. The van der Waals surface area contributed by atoms with Crippen LogP contribution < -0.4 is 0 Å². The molecule has 0 bridgehead atoms. The van der Waals surface area contributed by atoms with Crippen molar-refractivity contribution in [3.63, 3.8) is 0 Å². The minimum atomic E-state index is 0.00735. The zero-order valence-corrected chi connectivity index (χ0v) is 13.3. The number of carbonyl (C=O) groups is 1. The number of hydrogen-bond donors (Lipinski definition) is 0. The normalized spacial score (nSPS) is 16.8. The van der Waals surface area contributed by atoms with Gasteiger partial charge in [0.1, 0.15) is 0 Å². The highest BCUT2D eigenvalue weighted by atomic mass is 16.1. The number of benzene rings is 1. The van der Waals surface area contributed by atoms with Gasteiger partial charge < -0.3 is 0 Å². The zero-order chi connectivity index (χ0) is 16.1. The molecule has 0 aliphatic carbocycles. The predicted molar refractivity (Wildman–Crippen MR) is 86.1 cm³/mol. The number of aryl methyl sites for hydroxylation is 2. The molecule has 0 amide bonds. The van der Waals surface area contributed by atoms with Crippen LogP contribution in [0.2, 0.25) is 0 Å². The van der Waals surface area contributed by atoms with E-state index in [0.717, 1.165) is 33.6 Å². The van der Waals surface area contributed by atoms with E-state index in [0.29, 0.717) is 6.42 Å². The molecule has 116 valence electrons. The summed E-state index contributed by atoms with van der Waals surface area (Å²) >= 11 is 0.